The second kappa shape index (κ2) is 12.1. The Kier molecular flexibility index (Phi) is 9.19. The van der Waals surface area contributed by atoms with Gasteiger partial charge in [0.2, 0.25) is 6.41 Å². The molecule has 2 unspecified atom stereocenters. The van der Waals surface area contributed by atoms with Crippen molar-refractivity contribution in [3.8, 4) is 0 Å². The van der Waals surface area contributed by atoms with Crippen molar-refractivity contribution in [2.24, 2.45) is 0 Å². The van der Waals surface area contributed by atoms with Crippen LogP contribution in [0.25, 0.3) is 0 Å². The zero-order valence-corrected chi connectivity index (χ0v) is 20.0. The SMILES string of the molecule is CC(c1cccc(Cl)c1)[C@H](C=O)N(Cc1cc(F)c(Cl)cc1NC=O)CC(O)c1ccccc1. The molecule has 3 rings (SSSR count). The van der Waals surface area contributed by atoms with Gasteiger partial charge in [-0.1, -0.05) is 72.6 Å². The fraction of sp³-hybridized carbons (Fsp3) is 0.231. The number of carbonyl (C=O) groups is 2. The van der Waals surface area contributed by atoms with Gasteiger partial charge in [0.25, 0.3) is 0 Å². The summed E-state index contributed by atoms with van der Waals surface area (Å²) in [5.74, 6) is -0.944. The maximum Gasteiger partial charge on any atom is 0.211 e. The summed E-state index contributed by atoms with van der Waals surface area (Å²) in [5, 5.41) is 13.9. The molecule has 8 heteroatoms. The first-order valence-electron chi connectivity index (χ1n) is 10.7. The van der Waals surface area contributed by atoms with Crippen molar-refractivity contribution in [3.63, 3.8) is 0 Å². The number of hydrogen-bond acceptors (Lipinski definition) is 4. The van der Waals surface area contributed by atoms with Gasteiger partial charge in [-0.3, -0.25) is 9.69 Å². The van der Waals surface area contributed by atoms with E-state index in [4.69, 9.17) is 23.2 Å². The third-order valence-corrected chi connectivity index (χ3v) is 6.30. The molecule has 3 aromatic carbocycles. The Hall–Kier alpha value is -2.77. The minimum absolute atomic E-state index is 0.0719. The van der Waals surface area contributed by atoms with Gasteiger partial charge in [0.1, 0.15) is 12.1 Å². The maximum absolute atomic E-state index is 14.3. The van der Waals surface area contributed by atoms with Crippen LogP contribution in [0.2, 0.25) is 10.0 Å². The van der Waals surface area contributed by atoms with Crippen LogP contribution >= 0.6 is 23.2 Å². The molecule has 1 amide bonds. The second-order valence-electron chi connectivity index (χ2n) is 8.01. The number of nitrogens with zero attached hydrogens (tertiary/aromatic N) is 1. The lowest BCUT2D eigenvalue weighted by Gasteiger charge is -2.34. The minimum atomic E-state index is -0.908. The highest BCUT2D eigenvalue weighted by Crippen LogP contribution is 2.30. The number of anilines is 1. The molecule has 0 spiro atoms. The van der Waals surface area contributed by atoms with Crippen LogP contribution in [-0.2, 0) is 16.1 Å². The minimum Gasteiger partial charge on any atom is -0.387 e. The zero-order chi connectivity index (χ0) is 24.7. The Morgan fingerprint density at radius 3 is 2.38 bits per heavy atom. The molecule has 178 valence electrons. The zero-order valence-electron chi connectivity index (χ0n) is 18.5. The average molecular weight is 503 g/mol. The standard InChI is InChI=1S/C26H25Cl2FN2O3/c1-17(19-8-5-9-21(27)10-19)25(15-32)31(14-26(34)18-6-3-2-4-7-18)13-20-11-23(29)22(28)12-24(20)30-16-33/h2-12,15-17,25-26,34H,13-14H2,1H3,(H,30,33)/t17?,25-,26?/m0/s1. The van der Waals surface area contributed by atoms with Crippen LogP contribution in [0.1, 0.15) is 35.6 Å². The van der Waals surface area contributed by atoms with Gasteiger partial charge < -0.3 is 15.2 Å². The predicted molar refractivity (Wildman–Crippen MR) is 133 cm³/mol. The van der Waals surface area contributed by atoms with Gasteiger partial charge in [0.05, 0.1) is 17.2 Å². The van der Waals surface area contributed by atoms with E-state index in [1.807, 2.05) is 31.2 Å². The summed E-state index contributed by atoms with van der Waals surface area (Å²) in [4.78, 5) is 25.2. The number of aliphatic hydroxyl groups excluding tert-OH is 1. The monoisotopic (exact) mass is 502 g/mol. The number of aldehydes is 1. The smallest absolute Gasteiger partial charge is 0.211 e. The Bertz CT molecular complexity index is 1130. The highest BCUT2D eigenvalue weighted by Gasteiger charge is 2.29. The molecule has 0 bridgehead atoms. The Labute approximate surface area is 208 Å². The van der Waals surface area contributed by atoms with Crippen molar-refractivity contribution in [3.05, 3.63) is 99.3 Å². The van der Waals surface area contributed by atoms with Crippen LogP contribution in [0.3, 0.4) is 0 Å². The van der Waals surface area contributed by atoms with E-state index in [2.05, 4.69) is 5.32 Å². The van der Waals surface area contributed by atoms with Gasteiger partial charge in [0, 0.05) is 29.7 Å². The number of hydrogen-bond donors (Lipinski definition) is 2. The number of halogens is 3. The molecule has 5 nitrogen and oxygen atoms in total. The number of nitrogens with one attached hydrogen (secondary N) is 1. The fourth-order valence-corrected chi connectivity index (χ4v) is 4.30. The highest BCUT2D eigenvalue weighted by atomic mass is 35.5. The van der Waals surface area contributed by atoms with Crippen LogP contribution in [0.4, 0.5) is 10.1 Å². The van der Waals surface area contributed by atoms with Crippen LogP contribution in [0.5, 0.6) is 0 Å². The molecular formula is C26H25Cl2FN2O3. The number of benzene rings is 3. The molecule has 0 fully saturated rings. The summed E-state index contributed by atoms with van der Waals surface area (Å²) >= 11 is 12.1. The predicted octanol–water partition coefficient (Wildman–Crippen LogP) is 5.61. The first-order valence-corrected chi connectivity index (χ1v) is 11.5. The van der Waals surface area contributed by atoms with Gasteiger partial charge in [-0.05, 0) is 41.0 Å². The summed E-state index contributed by atoms with van der Waals surface area (Å²) < 4.78 is 14.3. The molecule has 2 N–H and O–H groups in total. The molecule has 0 aliphatic rings. The summed E-state index contributed by atoms with van der Waals surface area (Å²) in [6, 6.07) is 18.1. The molecular weight excluding hydrogens is 478 g/mol. The van der Waals surface area contributed by atoms with Crippen LogP contribution in [-0.4, -0.2) is 35.3 Å². The highest BCUT2D eigenvalue weighted by molar-refractivity contribution is 6.31. The number of rotatable bonds is 11. The Morgan fingerprint density at radius 2 is 1.74 bits per heavy atom. The molecule has 0 saturated heterocycles. The van der Waals surface area contributed by atoms with Crippen LogP contribution in [0, 0.1) is 5.82 Å². The third kappa shape index (κ3) is 6.42. The first-order chi connectivity index (χ1) is 16.3. The Balaban J connectivity index is 2.00. The molecule has 34 heavy (non-hydrogen) atoms. The lowest BCUT2D eigenvalue weighted by atomic mass is 9.92. The van der Waals surface area contributed by atoms with E-state index >= 15 is 0 Å². The van der Waals surface area contributed by atoms with Gasteiger partial charge in [-0.25, -0.2) is 4.39 Å². The van der Waals surface area contributed by atoms with Crippen LogP contribution in [0.15, 0.2) is 66.7 Å². The van der Waals surface area contributed by atoms with Crippen LogP contribution < -0.4 is 5.32 Å². The van der Waals surface area contributed by atoms with E-state index in [1.54, 1.807) is 35.2 Å². The Morgan fingerprint density at radius 1 is 1.03 bits per heavy atom. The molecule has 0 saturated carbocycles. The molecule has 0 aromatic heterocycles. The van der Waals surface area contributed by atoms with Crippen molar-refractivity contribution in [2.75, 3.05) is 11.9 Å². The van der Waals surface area contributed by atoms with E-state index < -0.39 is 18.0 Å². The lowest BCUT2D eigenvalue weighted by Crippen LogP contribution is -2.42. The summed E-state index contributed by atoms with van der Waals surface area (Å²) in [7, 11) is 0. The van der Waals surface area contributed by atoms with Crippen molar-refractivity contribution < 1.29 is 19.1 Å². The fourth-order valence-electron chi connectivity index (χ4n) is 3.94. The quantitative estimate of drug-likeness (QED) is 0.334. The van der Waals surface area contributed by atoms with Crippen molar-refractivity contribution >= 4 is 41.6 Å². The largest absolute Gasteiger partial charge is 0.387 e. The topological polar surface area (TPSA) is 69.6 Å². The molecule has 0 radical (unpaired) electrons. The normalized spacial score (nSPS) is 13.8. The van der Waals surface area contributed by atoms with Crippen molar-refractivity contribution in [2.45, 2.75) is 31.5 Å². The van der Waals surface area contributed by atoms with E-state index in [0.29, 0.717) is 28.2 Å². The van der Waals surface area contributed by atoms with E-state index in [0.717, 1.165) is 11.8 Å². The first kappa shape index (κ1) is 25.8. The average Bonchev–Trinajstić information content (AvgIpc) is 2.83. The van der Waals surface area contributed by atoms with Crippen molar-refractivity contribution in [1.29, 1.82) is 0 Å². The maximum atomic E-state index is 14.3. The van der Waals surface area contributed by atoms with E-state index in [9.17, 15) is 19.1 Å². The van der Waals surface area contributed by atoms with Gasteiger partial charge in [-0.2, -0.15) is 0 Å². The molecule has 3 aromatic rings. The lowest BCUT2D eigenvalue weighted by molar-refractivity contribution is -0.114. The third-order valence-electron chi connectivity index (χ3n) is 5.77. The molecule has 3 atom stereocenters. The molecule has 0 aliphatic carbocycles. The number of amides is 1. The van der Waals surface area contributed by atoms with Gasteiger partial charge >= 0.3 is 0 Å². The summed E-state index contributed by atoms with van der Waals surface area (Å²) in [6.45, 7) is 2.05. The second-order valence-corrected chi connectivity index (χ2v) is 8.86. The number of aliphatic hydroxyl groups is 1. The number of carbonyl (C=O) groups excluding carboxylic acids is 2. The molecule has 0 heterocycles. The van der Waals surface area contributed by atoms with E-state index in [-0.39, 0.29) is 24.0 Å². The van der Waals surface area contributed by atoms with Crippen molar-refractivity contribution in [1.82, 2.24) is 4.90 Å². The van der Waals surface area contributed by atoms with Gasteiger partial charge in [-0.15, -0.1) is 0 Å². The van der Waals surface area contributed by atoms with Gasteiger partial charge in [0.15, 0.2) is 0 Å². The summed E-state index contributed by atoms with van der Waals surface area (Å²) in [5.41, 5.74) is 2.26. The molecule has 0 aliphatic heterocycles. The summed E-state index contributed by atoms with van der Waals surface area (Å²) in [6.07, 6.45) is 0.375. The van der Waals surface area contributed by atoms with E-state index in [1.165, 1.54) is 12.1 Å².